The first-order valence-electron chi connectivity index (χ1n) is 9.92. The van der Waals surface area contributed by atoms with E-state index in [4.69, 9.17) is 16.9 Å². The molecule has 1 N–H and O–H groups in total. The van der Waals surface area contributed by atoms with Crippen LogP contribution in [0.4, 0.5) is 0 Å². The molecule has 1 fully saturated rings. The number of nitrogens with zero attached hydrogens (tertiary/aromatic N) is 4. The third-order valence-corrected chi connectivity index (χ3v) is 5.68. The van der Waals surface area contributed by atoms with E-state index in [9.17, 15) is 4.79 Å². The molecule has 0 radical (unpaired) electrons. The van der Waals surface area contributed by atoms with Gasteiger partial charge in [-0.15, -0.1) is 0 Å². The molecule has 1 aromatic heterocycles. The van der Waals surface area contributed by atoms with Gasteiger partial charge in [0.15, 0.2) is 5.69 Å². The fourth-order valence-electron chi connectivity index (χ4n) is 3.75. The third kappa shape index (κ3) is 4.09. The van der Waals surface area contributed by atoms with Crippen LogP contribution in [-0.4, -0.2) is 46.8 Å². The van der Waals surface area contributed by atoms with E-state index in [-0.39, 0.29) is 5.91 Å². The second-order valence-corrected chi connectivity index (χ2v) is 7.81. The van der Waals surface area contributed by atoms with Crippen LogP contribution in [0.25, 0.3) is 16.9 Å². The number of amides is 1. The summed E-state index contributed by atoms with van der Waals surface area (Å²) in [6.45, 7) is 1.41. The minimum atomic E-state index is -0.0717. The van der Waals surface area contributed by atoms with Crippen LogP contribution in [0, 0.1) is 11.3 Å². The average molecular weight is 420 g/mol. The van der Waals surface area contributed by atoms with Gasteiger partial charge in [-0.1, -0.05) is 23.7 Å². The lowest BCUT2D eigenvalue weighted by atomic mass is 10.1. The van der Waals surface area contributed by atoms with Crippen molar-refractivity contribution in [2.24, 2.45) is 0 Å². The number of piperidine rings is 1. The van der Waals surface area contributed by atoms with Crippen molar-refractivity contribution in [2.45, 2.75) is 18.9 Å². The molecule has 7 heteroatoms. The van der Waals surface area contributed by atoms with E-state index in [0.29, 0.717) is 28.9 Å². The number of likely N-dealkylation sites (tertiary alicyclic amines) is 1. The zero-order chi connectivity index (χ0) is 21.1. The van der Waals surface area contributed by atoms with Gasteiger partial charge >= 0.3 is 0 Å². The highest BCUT2D eigenvalue weighted by molar-refractivity contribution is 6.30. The van der Waals surface area contributed by atoms with Crippen molar-refractivity contribution in [1.29, 1.82) is 5.26 Å². The highest BCUT2D eigenvalue weighted by Gasteiger charge is 2.26. The summed E-state index contributed by atoms with van der Waals surface area (Å²) in [7, 11) is 1.93. The number of hydrogen-bond donors (Lipinski definition) is 1. The van der Waals surface area contributed by atoms with Gasteiger partial charge in [-0.05, 0) is 62.4 Å². The first kappa shape index (κ1) is 20.1. The maximum absolute atomic E-state index is 13.2. The minimum absolute atomic E-state index is 0.0717. The summed E-state index contributed by atoms with van der Waals surface area (Å²) in [5.41, 5.74) is 3.46. The average Bonchev–Trinajstić information content (AvgIpc) is 3.24. The number of likely N-dealkylation sites (N-methyl/N-ethyl adjacent to an activating group) is 1. The van der Waals surface area contributed by atoms with Crippen LogP contribution >= 0.6 is 11.6 Å². The van der Waals surface area contributed by atoms with E-state index < -0.39 is 0 Å². The second kappa shape index (κ2) is 8.70. The van der Waals surface area contributed by atoms with Crippen LogP contribution in [0.1, 0.15) is 28.9 Å². The van der Waals surface area contributed by atoms with Crippen molar-refractivity contribution < 1.29 is 4.79 Å². The smallest absolute Gasteiger partial charge is 0.274 e. The molecular formula is C23H22ClN5O. The van der Waals surface area contributed by atoms with Gasteiger partial charge in [0, 0.05) is 29.7 Å². The zero-order valence-electron chi connectivity index (χ0n) is 16.7. The molecule has 6 nitrogen and oxygen atoms in total. The Bertz CT molecular complexity index is 1080. The van der Waals surface area contributed by atoms with E-state index in [1.54, 1.807) is 28.9 Å². The van der Waals surface area contributed by atoms with Crippen LogP contribution < -0.4 is 5.32 Å². The number of hydrogen-bond acceptors (Lipinski definition) is 4. The van der Waals surface area contributed by atoms with Gasteiger partial charge in [-0.25, -0.2) is 4.68 Å². The monoisotopic (exact) mass is 419 g/mol. The Morgan fingerprint density at radius 3 is 2.60 bits per heavy atom. The van der Waals surface area contributed by atoms with Crippen LogP contribution in [0.15, 0.2) is 54.6 Å². The molecule has 0 bridgehead atoms. The normalized spacial score (nSPS) is 16.3. The predicted octanol–water partition coefficient (Wildman–Crippen LogP) is 3.89. The molecule has 0 aliphatic carbocycles. The molecule has 30 heavy (non-hydrogen) atoms. The number of aromatic nitrogens is 2. The summed E-state index contributed by atoms with van der Waals surface area (Å²) in [5.74, 6) is -0.0717. The Balaban J connectivity index is 1.74. The minimum Gasteiger partial charge on any atom is -0.336 e. The van der Waals surface area contributed by atoms with Crippen LogP contribution in [0.2, 0.25) is 5.02 Å². The maximum Gasteiger partial charge on any atom is 0.274 e. The van der Waals surface area contributed by atoms with Gasteiger partial charge < -0.3 is 10.2 Å². The molecule has 0 unspecified atom stereocenters. The predicted molar refractivity (Wildman–Crippen MR) is 117 cm³/mol. The Hall–Kier alpha value is -3.14. The van der Waals surface area contributed by atoms with Crippen LogP contribution in [0.5, 0.6) is 0 Å². The van der Waals surface area contributed by atoms with E-state index in [2.05, 4.69) is 16.5 Å². The number of carbonyl (C=O) groups excluding carboxylic acids is 1. The molecule has 4 rings (SSSR count). The van der Waals surface area contributed by atoms with E-state index in [0.717, 1.165) is 36.3 Å². The van der Waals surface area contributed by atoms with Gasteiger partial charge in [-0.3, -0.25) is 4.79 Å². The number of halogens is 1. The zero-order valence-corrected chi connectivity index (χ0v) is 17.4. The molecular weight excluding hydrogens is 398 g/mol. The van der Waals surface area contributed by atoms with Crippen molar-refractivity contribution in [3.63, 3.8) is 0 Å². The lowest BCUT2D eigenvalue weighted by Gasteiger charge is -2.32. The second-order valence-electron chi connectivity index (χ2n) is 7.37. The van der Waals surface area contributed by atoms with Gasteiger partial charge in [0.05, 0.1) is 23.0 Å². The number of benzene rings is 2. The number of nitriles is 1. The number of carbonyl (C=O) groups is 1. The SMILES string of the molecule is CN[C@@H]1CCCN(C(=O)c2cc(-c3ccc(C#N)cc3)n(-c3ccc(Cl)cc3)n2)C1. The molecule has 1 aliphatic heterocycles. The summed E-state index contributed by atoms with van der Waals surface area (Å²) in [4.78, 5) is 15.1. The molecule has 1 atom stereocenters. The summed E-state index contributed by atoms with van der Waals surface area (Å²) in [5, 5.41) is 17.6. The molecule has 0 spiro atoms. The molecule has 1 aliphatic rings. The Labute approximate surface area is 180 Å². The lowest BCUT2D eigenvalue weighted by molar-refractivity contribution is 0.0691. The van der Waals surface area contributed by atoms with Crippen molar-refractivity contribution >= 4 is 17.5 Å². The standard InChI is InChI=1S/C23H22ClN5O/c1-26-19-3-2-12-28(15-19)23(30)21-13-22(17-6-4-16(14-25)5-7-17)29(27-21)20-10-8-18(24)9-11-20/h4-11,13,19,26H,2-3,12,15H2,1H3/t19-/m1/s1. The van der Waals surface area contributed by atoms with Crippen molar-refractivity contribution in [3.05, 3.63) is 70.9 Å². The van der Waals surface area contributed by atoms with Crippen LogP contribution in [0.3, 0.4) is 0 Å². The molecule has 1 amide bonds. The Morgan fingerprint density at radius 2 is 1.93 bits per heavy atom. The summed E-state index contributed by atoms with van der Waals surface area (Å²) >= 11 is 6.05. The maximum atomic E-state index is 13.2. The fraction of sp³-hybridized carbons (Fsp3) is 0.261. The first-order chi connectivity index (χ1) is 14.6. The topological polar surface area (TPSA) is 74.0 Å². The molecule has 2 heterocycles. The summed E-state index contributed by atoms with van der Waals surface area (Å²) in [6, 6.07) is 18.9. The van der Waals surface area contributed by atoms with Gasteiger partial charge in [0.2, 0.25) is 0 Å². The fourth-order valence-corrected chi connectivity index (χ4v) is 3.87. The van der Waals surface area contributed by atoms with Crippen molar-refractivity contribution in [2.75, 3.05) is 20.1 Å². The number of rotatable bonds is 4. The van der Waals surface area contributed by atoms with E-state index in [1.807, 2.05) is 42.3 Å². The molecule has 2 aromatic carbocycles. The van der Waals surface area contributed by atoms with Crippen LogP contribution in [-0.2, 0) is 0 Å². The third-order valence-electron chi connectivity index (χ3n) is 5.43. The lowest BCUT2D eigenvalue weighted by Crippen LogP contribution is -2.47. The summed E-state index contributed by atoms with van der Waals surface area (Å²) < 4.78 is 1.75. The largest absolute Gasteiger partial charge is 0.336 e. The highest BCUT2D eigenvalue weighted by Crippen LogP contribution is 2.26. The quantitative estimate of drug-likeness (QED) is 0.696. The van der Waals surface area contributed by atoms with E-state index >= 15 is 0 Å². The van der Waals surface area contributed by atoms with Crippen molar-refractivity contribution in [1.82, 2.24) is 20.0 Å². The van der Waals surface area contributed by atoms with Gasteiger partial charge in [0.1, 0.15) is 0 Å². The Morgan fingerprint density at radius 1 is 1.20 bits per heavy atom. The molecule has 3 aromatic rings. The molecule has 152 valence electrons. The highest BCUT2D eigenvalue weighted by atomic mass is 35.5. The van der Waals surface area contributed by atoms with Crippen molar-refractivity contribution in [3.8, 4) is 23.0 Å². The Kier molecular flexibility index (Phi) is 5.84. The van der Waals surface area contributed by atoms with Gasteiger partial charge in [-0.2, -0.15) is 10.4 Å². The summed E-state index contributed by atoms with van der Waals surface area (Å²) in [6.07, 6.45) is 2.04. The molecule has 0 saturated carbocycles. The molecule has 1 saturated heterocycles. The number of nitrogens with one attached hydrogen (secondary N) is 1. The first-order valence-corrected chi connectivity index (χ1v) is 10.3. The van der Waals surface area contributed by atoms with E-state index in [1.165, 1.54) is 0 Å². The van der Waals surface area contributed by atoms with Gasteiger partial charge in [0.25, 0.3) is 5.91 Å².